The number of rotatable bonds is 8. The summed E-state index contributed by atoms with van der Waals surface area (Å²) in [5.41, 5.74) is 2.76. The number of carbonyl (C=O) groups is 2. The molecule has 1 aromatic heterocycles. The van der Waals surface area contributed by atoms with Crippen LogP contribution >= 0.6 is 0 Å². The summed E-state index contributed by atoms with van der Waals surface area (Å²) in [5, 5.41) is 19.1. The summed E-state index contributed by atoms with van der Waals surface area (Å²) < 4.78 is 6.98. The van der Waals surface area contributed by atoms with E-state index in [1.807, 2.05) is 25.1 Å². The molecular weight excluding hydrogens is 646 g/mol. The quantitative estimate of drug-likeness (QED) is 0.295. The smallest absolute Gasteiger partial charge is 0.523 e. The van der Waals surface area contributed by atoms with Gasteiger partial charge in [-0.05, 0) is 30.7 Å². The van der Waals surface area contributed by atoms with Crippen LogP contribution in [0.15, 0.2) is 66.9 Å². The molecule has 0 bridgehead atoms. The Kier molecular flexibility index (Phi) is 10.9. The summed E-state index contributed by atoms with van der Waals surface area (Å²) in [6.07, 6.45) is 7.92. The molecule has 1 amide bonds. The van der Waals surface area contributed by atoms with E-state index in [0.717, 1.165) is 17.0 Å². The van der Waals surface area contributed by atoms with Gasteiger partial charge in [0.25, 0.3) is 5.91 Å². The normalized spacial score (nSPS) is 14.7. The molecule has 33 heavy (non-hydrogen) atoms. The van der Waals surface area contributed by atoms with Crippen LogP contribution in [0, 0.1) is 44.6 Å². The van der Waals surface area contributed by atoms with Crippen molar-refractivity contribution in [3.8, 4) is 5.75 Å². The van der Waals surface area contributed by atoms with E-state index in [1.165, 1.54) is 12.3 Å². The Morgan fingerprint density at radius 2 is 2.18 bits per heavy atom. The molecule has 2 aromatic rings. The van der Waals surface area contributed by atoms with Crippen molar-refractivity contribution in [2.24, 2.45) is 0 Å². The van der Waals surface area contributed by atoms with Crippen molar-refractivity contribution >= 4 is 17.6 Å². The van der Waals surface area contributed by atoms with Crippen LogP contribution < -0.4 is 15.4 Å². The molecule has 1 unspecified atom stereocenters. The monoisotopic (exact) mass is 672 g/mol. The Morgan fingerprint density at radius 3 is 2.76 bits per heavy atom. The molecule has 0 radical (unpaired) electrons. The fourth-order valence-electron chi connectivity index (χ4n) is 3.03. The van der Waals surface area contributed by atoms with Gasteiger partial charge in [-0.2, -0.15) is 17.2 Å². The number of benzene rings is 1. The van der Waals surface area contributed by atoms with Gasteiger partial charge in [-0.25, -0.2) is 9.48 Å². The second kappa shape index (κ2) is 12.9. The Balaban J connectivity index is 0.00000272. The van der Waals surface area contributed by atoms with E-state index in [0.29, 0.717) is 12.2 Å². The zero-order valence-corrected chi connectivity index (χ0v) is 22.9. The van der Waals surface area contributed by atoms with E-state index < -0.39 is 12.1 Å². The zero-order chi connectivity index (χ0) is 22.4. The predicted molar refractivity (Wildman–Crippen MR) is 123 cm³/mol. The number of ether oxygens (including phenoxy) is 1. The number of amides is 1. The number of aliphatic carboxylic acids is 1. The van der Waals surface area contributed by atoms with E-state index >= 15 is 0 Å². The van der Waals surface area contributed by atoms with Crippen molar-refractivity contribution in [1.82, 2.24) is 20.4 Å². The van der Waals surface area contributed by atoms with Crippen molar-refractivity contribution in [3.05, 3.63) is 97.4 Å². The van der Waals surface area contributed by atoms with Gasteiger partial charge in [0, 0.05) is 23.3 Å². The number of aromatic nitrogens is 2. The van der Waals surface area contributed by atoms with E-state index in [-0.39, 0.29) is 55.7 Å². The molecular formula is C24H26N4O4U. The number of dihydropyridines is 1. The number of aryl methyl sites for hydroxylation is 1. The third-order valence-electron chi connectivity index (χ3n) is 4.59. The van der Waals surface area contributed by atoms with Crippen molar-refractivity contribution < 1.29 is 50.5 Å². The second-order valence-electron chi connectivity index (χ2n) is 6.60. The first-order valence-electron chi connectivity index (χ1n) is 9.63. The summed E-state index contributed by atoms with van der Waals surface area (Å²) in [7, 11) is 1.57. The van der Waals surface area contributed by atoms with Crippen LogP contribution in [0.2, 0.25) is 0 Å². The van der Waals surface area contributed by atoms with Gasteiger partial charge in [0.15, 0.2) is 5.69 Å². The van der Waals surface area contributed by atoms with Crippen molar-refractivity contribution in [2.75, 3.05) is 7.11 Å². The third-order valence-corrected chi connectivity index (χ3v) is 4.59. The molecule has 0 fully saturated rings. The van der Waals surface area contributed by atoms with Gasteiger partial charge in [0.1, 0.15) is 6.17 Å². The number of hydrogen-bond acceptors (Lipinski definition) is 5. The number of carboxylic acid groups (broad SMARTS) is 1. The van der Waals surface area contributed by atoms with Gasteiger partial charge < -0.3 is 27.9 Å². The number of methoxy groups -OCH3 is 1. The average Bonchev–Trinajstić information content (AvgIpc) is 3.22. The minimum Gasteiger partial charge on any atom is -0.523 e. The van der Waals surface area contributed by atoms with Gasteiger partial charge in [0.2, 0.25) is 0 Å². The van der Waals surface area contributed by atoms with Gasteiger partial charge >= 0.3 is 37.1 Å². The van der Waals surface area contributed by atoms with E-state index in [9.17, 15) is 9.59 Å². The largest absolute Gasteiger partial charge is 2.00 e. The fraction of sp³-hybridized carbons (Fsp3) is 0.167. The van der Waals surface area contributed by atoms with Crippen molar-refractivity contribution in [2.45, 2.75) is 19.5 Å². The predicted octanol–water partition coefficient (Wildman–Crippen LogP) is 2.96. The molecule has 0 spiro atoms. The zero-order valence-electron chi connectivity index (χ0n) is 18.8. The minimum absolute atomic E-state index is 0. The van der Waals surface area contributed by atoms with E-state index in [4.69, 9.17) is 9.84 Å². The van der Waals surface area contributed by atoms with Crippen molar-refractivity contribution in [3.63, 3.8) is 0 Å². The SMILES string of the molecule is C=C/C=C(/c1cc[c-]c(OC)c1)n1nc(C(=O)NC2C=CC(C(=O)O)=CN2)cc1CC.[CH3-].[U+2]. The summed E-state index contributed by atoms with van der Waals surface area (Å²) in [5.74, 6) is -0.851. The summed E-state index contributed by atoms with van der Waals surface area (Å²) in [6.45, 7) is 5.76. The Bertz CT molecular complexity index is 1100. The first kappa shape index (κ1) is 28.0. The molecule has 2 heterocycles. The fourth-order valence-corrected chi connectivity index (χ4v) is 3.03. The van der Waals surface area contributed by atoms with E-state index in [1.54, 1.807) is 36.1 Å². The first-order valence-corrected chi connectivity index (χ1v) is 9.63. The van der Waals surface area contributed by atoms with Gasteiger partial charge in [-0.3, -0.25) is 4.79 Å². The van der Waals surface area contributed by atoms with Gasteiger partial charge in [-0.15, -0.1) is 17.7 Å². The molecule has 1 aliphatic heterocycles. The standard InChI is InChI=1S/C23H23N4O4.CH3.U/c1-4-7-20(15-8-6-9-18(12-15)31-3)27-17(5-2)13-19(26-27)22(28)25-21-11-10-16(14-24-21)23(29)30;;/h4,6-8,10-14,21,24H,1,5H2,2-3H3,(H,25,28)(H,29,30);1H3;/q2*-1;+2/b20-7-;;. The number of hydrogen-bond donors (Lipinski definition) is 3. The Morgan fingerprint density at radius 1 is 1.42 bits per heavy atom. The van der Waals surface area contributed by atoms with Crippen LogP contribution in [0.5, 0.6) is 5.75 Å². The third kappa shape index (κ3) is 6.73. The van der Waals surface area contributed by atoms with Crippen molar-refractivity contribution in [1.29, 1.82) is 0 Å². The molecule has 0 saturated heterocycles. The topological polar surface area (TPSA) is 105 Å². The van der Waals surface area contributed by atoms with E-state index in [2.05, 4.69) is 28.4 Å². The molecule has 3 N–H and O–H groups in total. The number of allylic oxidation sites excluding steroid dienone is 2. The molecule has 1 aliphatic rings. The van der Waals surface area contributed by atoms with Crippen LogP contribution in [0.4, 0.5) is 0 Å². The van der Waals surface area contributed by atoms with Gasteiger partial charge in [0.05, 0.1) is 12.7 Å². The van der Waals surface area contributed by atoms with Crippen LogP contribution in [0.25, 0.3) is 5.70 Å². The summed E-state index contributed by atoms with van der Waals surface area (Å²) >= 11 is 0. The molecule has 1 aromatic carbocycles. The Labute approximate surface area is 217 Å². The summed E-state index contributed by atoms with van der Waals surface area (Å²) in [4.78, 5) is 23.7. The maximum absolute atomic E-state index is 12.8. The molecule has 1 atom stereocenters. The molecule has 9 heteroatoms. The number of carbonyl (C=O) groups excluding carboxylic acids is 1. The van der Waals surface area contributed by atoms with Crippen LogP contribution in [-0.2, 0) is 11.2 Å². The average molecular weight is 673 g/mol. The number of nitrogens with one attached hydrogen (secondary N) is 2. The molecule has 0 aliphatic carbocycles. The number of nitrogens with zero attached hydrogens (tertiary/aromatic N) is 2. The Hall–Kier alpha value is -3.02. The number of carboxylic acids is 1. The van der Waals surface area contributed by atoms with Crippen LogP contribution in [-0.4, -0.2) is 40.0 Å². The molecule has 170 valence electrons. The van der Waals surface area contributed by atoms with Gasteiger partial charge in [-0.1, -0.05) is 19.6 Å². The summed E-state index contributed by atoms with van der Waals surface area (Å²) in [6, 6.07) is 10.2. The maximum Gasteiger partial charge on any atom is 2.00 e. The maximum atomic E-state index is 12.8. The first-order chi connectivity index (χ1) is 15.0. The molecule has 3 rings (SSSR count). The van der Waals surface area contributed by atoms with Crippen LogP contribution in [0.1, 0.15) is 28.7 Å². The molecule has 0 saturated carbocycles. The molecule has 8 nitrogen and oxygen atoms in total. The van der Waals surface area contributed by atoms with Crippen LogP contribution in [0.3, 0.4) is 0 Å². The second-order valence-corrected chi connectivity index (χ2v) is 6.60. The minimum atomic E-state index is -1.04.